The van der Waals surface area contributed by atoms with Crippen LogP contribution in [0.3, 0.4) is 0 Å². The number of hydrogen-bond donors (Lipinski definition) is 1. The van der Waals surface area contributed by atoms with Crippen molar-refractivity contribution in [1.82, 2.24) is 4.98 Å². The second-order valence-corrected chi connectivity index (χ2v) is 4.99. The fraction of sp³-hybridized carbons (Fsp3) is 0.643. The van der Waals surface area contributed by atoms with Crippen LogP contribution in [0.2, 0.25) is 0 Å². The van der Waals surface area contributed by atoms with Gasteiger partial charge in [-0.3, -0.25) is 0 Å². The molecule has 0 amide bonds. The lowest BCUT2D eigenvalue weighted by atomic mass is 9.91. The van der Waals surface area contributed by atoms with Gasteiger partial charge in [0, 0.05) is 18.8 Å². The van der Waals surface area contributed by atoms with Gasteiger partial charge in [-0.15, -0.1) is 0 Å². The Morgan fingerprint density at radius 2 is 2.28 bits per heavy atom. The van der Waals surface area contributed by atoms with Crippen molar-refractivity contribution in [3.63, 3.8) is 0 Å². The van der Waals surface area contributed by atoms with Crippen molar-refractivity contribution in [3.05, 3.63) is 18.3 Å². The molecule has 0 atom stereocenters. The predicted molar refractivity (Wildman–Crippen MR) is 72.1 cm³/mol. The zero-order valence-electron chi connectivity index (χ0n) is 11.2. The topological polar surface area (TPSA) is 45.6 Å². The van der Waals surface area contributed by atoms with Crippen molar-refractivity contribution in [2.45, 2.75) is 45.3 Å². The number of rotatable bonds is 6. The van der Waals surface area contributed by atoms with Gasteiger partial charge in [-0.25, -0.2) is 4.98 Å². The maximum atomic E-state index is 9.23. The van der Waals surface area contributed by atoms with Gasteiger partial charge in [0.15, 0.2) is 11.6 Å². The predicted octanol–water partition coefficient (Wildman–Crippen LogP) is 2.22. The molecule has 0 aromatic carbocycles. The summed E-state index contributed by atoms with van der Waals surface area (Å²) in [6, 6.07) is 4.34. The molecule has 0 radical (unpaired) electrons. The molecule has 4 nitrogen and oxygen atoms in total. The maximum absolute atomic E-state index is 9.23. The van der Waals surface area contributed by atoms with Crippen LogP contribution in [0.15, 0.2) is 18.3 Å². The molecule has 100 valence electrons. The summed E-state index contributed by atoms with van der Waals surface area (Å²) in [6.45, 7) is 4.79. The quantitative estimate of drug-likeness (QED) is 0.841. The molecule has 1 aliphatic carbocycles. The molecule has 1 aromatic rings. The van der Waals surface area contributed by atoms with E-state index in [2.05, 4.69) is 9.88 Å². The van der Waals surface area contributed by atoms with Crippen molar-refractivity contribution >= 4 is 5.82 Å². The molecule has 1 saturated carbocycles. The van der Waals surface area contributed by atoms with Crippen molar-refractivity contribution in [2.24, 2.45) is 0 Å². The van der Waals surface area contributed by atoms with Crippen LogP contribution in [-0.2, 0) is 0 Å². The van der Waals surface area contributed by atoms with Gasteiger partial charge < -0.3 is 14.7 Å². The Kier molecular flexibility index (Phi) is 4.42. The van der Waals surface area contributed by atoms with Crippen LogP contribution in [0.4, 0.5) is 5.82 Å². The lowest BCUT2D eigenvalue weighted by Gasteiger charge is -2.38. The molecule has 0 bridgehead atoms. The number of anilines is 1. The van der Waals surface area contributed by atoms with E-state index >= 15 is 0 Å². The van der Waals surface area contributed by atoms with Crippen molar-refractivity contribution < 1.29 is 9.84 Å². The van der Waals surface area contributed by atoms with Crippen molar-refractivity contribution in [3.8, 4) is 5.75 Å². The smallest absolute Gasteiger partial charge is 0.171 e. The van der Waals surface area contributed by atoms with Crippen LogP contribution in [0.25, 0.3) is 0 Å². The molecule has 1 heterocycles. The first kappa shape index (κ1) is 13.1. The Bertz CT molecular complexity index is 378. The van der Waals surface area contributed by atoms with E-state index in [0.717, 1.165) is 11.6 Å². The first-order valence-corrected chi connectivity index (χ1v) is 6.71. The fourth-order valence-electron chi connectivity index (χ4n) is 2.21. The number of ether oxygens (including phenoxy) is 1. The summed E-state index contributed by atoms with van der Waals surface area (Å²) in [5, 5.41) is 9.23. The van der Waals surface area contributed by atoms with Gasteiger partial charge in [-0.1, -0.05) is 0 Å². The van der Waals surface area contributed by atoms with E-state index in [0.29, 0.717) is 12.6 Å². The van der Waals surface area contributed by atoms with Gasteiger partial charge in [0.2, 0.25) is 0 Å². The lowest BCUT2D eigenvalue weighted by Crippen LogP contribution is -2.42. The minimum Gasteiger partial charge on any atom is -0.487 e. The second kappa shape index (κ2) is 6.05. The van der Waals surface area contributed by atoms with Gasteiger partial charge in [-0.05, 0) is 45.2 Å². The molecule has 1 aliphatic rings. The zero-order valence-corrected chi connectivity index (χ0v) is 11.2. The first-order chi connectivity index (χ1) is 8.72. The standard InChI is InChI=1S/C14H22N2O2/c1-11(2)18-13-7-4-8-15-14(13)16(9-10-17)12-5-3-6-12/h4,7-8,11-12,17H,3,5-6,9-10H2,1-2H3. The molecule has 0 unspecified atom stereocenters. The highest BCUT2D eigenvalue weighted by Gasteiger charge is 2.27. The summed E-state index contributed by atoms with van der Waals surface area (Å²) in [7, 11) is 0. The number of aromatic nitrogens is 1. The first-order valence-electron chi connectivity index (χ1n) is 6.71. The third kappa shape index (κ3) is 2.93. The maximum Gasteiger partial charge on any atom is 0.171 e. The average molecular weight is 250 g/mol. The van der Waals surface area contributed by atoms with E-state index in [1.54, 1.807) is 6.20 Å². The Balaban J connectivity index is 2.22. The van der Waals surface area contributed by atoms with Crippen molar-refractivity contribution in [1.29, 1.82) is 0 Å². The normalized spacial score (nSPS) is 15.6. The molecule has 18 heavy (non-hydrogen) atoms. The molecular weight excluding hydrogens is 228 g/mol. The largest absolute Gasteiger partial charge is 0.487 e. The van der Waals surface area contributed by atoms with Crippen LogP contribution < -0.4 is 9.64 Å². The number of pyridine rings is 1. The van der Waals surface area contributed by atoms with E-state index in [1.807, 2.05) is 26.0 Å². The van der Waals surface area contributed by atoms with Gasteiger partial charge in [0.25, 0.3) is 0 Å². The monoisotopic (exact) mass is 250 g/mol. The van der Waals surface area contributed by atoms with Gasteiger partial charge in [0.05, 0.1) is 12.7 Å². The number of aliphatic hydroxyl groups is 1. The highest BCUT2D eigenvalue weighted by molar-refractivity contribution is 5.53. The Morgan fingerprint density at radius 3 is 2.83 bits per heavy atom. The summed E-state index contributed by atoms with van der Waals surface area (Å²) in [6.07, 6.45) is 5.53. The number of hydrogen-bond acceptors (Lipinski definition) is 4. The van der Waals surface area contributed by atoms with E-state index in [1.165, 1.54) is 19.3 Å². The Morgan fingerprint density at radius 1 is 1.50 bits per heavy atom. The second-order valence-electron chi connectivity index (χ2n) is 4.99. The highest BCUT2D eigenvalue weighted by atomic mass is 16.5. The van der Waals surface area contributed by atoms with Crippen molar-refractivity contribution in [2.75, 3.05) is 18.1 Å². The van der Waals surface area contributed by atoms with Crippen LogP contribution in [0, 0.1) is 0 Å². The molecule has 1 fully saturated rings. The van der Waals surface area contributed by atoms with E-state index < -0.39 is 0 Å². The molecule has 0 saturated heterocycles. The molecule has 1 N–H and O–H groups in total. The molecule has 2 rings (SSSR count). The van der Waals surface area contributed by atoms with Crippen LogP contribution in [0.5, 0.6) is 5.75 Å². The summed E-state index contributed by atoms with van der Waals surface area (Å²) >= 11 is 0. The highest BCUT2D eigenvalue weighted by Crippen LogP contribution is 2.33. The van der Waals surface area contributed by atoms with Crippen LogP contribution in [-0.4, -0.2) is 35.4 Å². The minimum atomic E-state index is 0.130. The van der Waals surface area contributed by atoms with Gasteiger partial charge in [0.1, 0.15) is 0 Å². The third-order valence-corrected chi connectivity index (χ3v) is 3.24. The van der Waals surface area contributed by atoms with Crippen LogP contribution in [0.1, 0.15) is 33.1 Å². The van der Waals surface area contributed by atoms with Gasteiger partial charge in [-0.2, -0.15) is 0 Å². The van der Waals surface area contributed by atoms with Gasteiger partial charge >= 0.3 is 0 Å². The zero-order chi connectivity index (χ0) is 13.0. The number of aliphatic hydroxyl groups excluding tert-OH is 1. The Labute approximate surface area is 109 Å². The Hall–Kier alpha value is -1.29. The molecule has 4 heteroatoms. The SMILES string of the molecule is CC(C)Oc1cccnc1N(CCO)C1CCC1. The summed E-state index contributed by atoms with van der Waals surface area (Å²) in [4.78, 5) is 6.63. The minimum absolute atomic E-state index is 0.130. The number of nitrogens with zero attached hydrogens (tertiary/aromatic N) is 2. The third-order valence-electron chi connectivity index (χ3n) is 3.24. The molecule has 1 aromatic heterocycles. The van der Waals surface area contributed by atoms with E-state index in [-0.39, 0.29) is 12.7 Å². The molecule has 0 aliphatic heterocycles. The fourth-order valence-corrected chi connectivity index (χ4v) is 2.21. The lowest BCUT2D eigenvalue weighted by molar-refractivity contribution is 0.238. The van der Waals surface area contributed by atoms with Crippen LogP contribution >= 0.6 is 0 Å². The molecule has 0 spiro atoms. The van der Waals surface area contributed by atoms with E-state index in [9.17, 15) is 5.11 Å². The summed E-state index contributed by atoms with van der Waals surface area (Å²) in [5.41, 5.74) is 0. The summed E-state index contributed by atoms with van der Waals surface area (Å²) in [5.74, 6) is 1.68. The summed E-state index contributed by atoms with van der Waals surface area (Å²) < 4.78 is 5.81. The molecular formula is C14H22N2O2. The van der Waals surface area contributed by atoms with E-state index in [4.69, 9.17) is 4.74 Å². The average Bonchev–Trinajstić information content (AvgIpc) is 2.26.